The number of carbonyl (C=O) groups is 1. The van der Waals surface area contributed by atoms with Gasteiger partial charge < -0.3 is 10.2 Å². The summed E-state index contributed by atoms with van der Waals surface area (Å²) in [5.41, 5.74) is 1.20. The minimum absolute atomic E-state index is 0.182. The van der Waals surface area contributed by atoms with E-state index in [2.05, 4.69) is 5.32 Å². The molecule has 0 aromatic heterocycles. The summed E-state index contributed by atoms with van der Waals surface area (Å²) in [6.45, 7) is 2.30. The molecule has 0 unspecified atom stereocenters. The molecule has 4 heteroatoms. The molecule has 1 heterocycles. The number of likely N-dealkylation sites (tertiary alicyclic amines) is 1. The Kier molecular flexibility index (Phi) is 4.01. The lowest BCUT2D eigenvalue weighted by atomic mass is 9.76. The highest BCUT2D eigenvalue weighted by atomic mass is 19.1. The predicted octanol–water partition coefficient (Wildman–Crippen LogP) is 2.28. The Morgan fingerprint density at radius 3 is 2.50 bits per heavy atom. The topological polar surface area (TPSA) is 32.3 Å². The fraction of sp³-hybridized carbons (Fsp3) is 0.562. The highest BCUT2D eigenvalue weighted by Gasteiger charge is 2.30. The van der Waals surface area contributed by atoms with Crippen molar-refractivity contribution in [2.45, 2.75) is 37.6 Å². The van der Waals surface area contributed by atoms with E-state index in [1.165, 1.54) is 17.7 Å². The normalized spacial score (nSPS) is 25.6. The van der Waals surface area contributed by atoms with Crippen LogP contribution in [0.3, 0.4) is 0 Å². The lowest BCUT2D eigenvalue weighted by Gasteiger charge is -2.36. The molecule has 1 saturated heterocycles. The molecule has 1 aromatic carbocycles. The van der Waals surface area contributed by atoms with Crippen molar-refractivity contribution in [2.75, 3.05) is 19.6 Å². The van der Waals surface area contributed by atoms with E-state index in [0.717, 1.165) is 38.8 Å². The van der Waals surface area contributed by atoms with Crippen LogP contribution < -0.4 is 5.32 Å². The van der Waals surface area contributed by atoms with E-state index in [1.54, 1.807) is 0 Å². The zero-order valence-electron chi connectivity index (χ0n) is 11.6. The van der Waals surface area contributed by atoms with Crippen molar-refractivity contribution in [3.63, 3.8) is 0 Å². The van der Waals surface area contributed by atoms with Crippen LogP contribution in [0.4, 0.5) is 4.39 Å². The van der Waals surface area contributed by atoms with Crippen molar-refractivity contribution in [3.8, 4) is 0 Å². The third kappa shape index (κ3) is 3.01. The van der Waals surface area contributed by atoms with Crippen molar-refractivity contribution in [1.82, 2.24) is 10.2 Å². The summed E-state index contributed by atoms with van der Waals surface area (Å²) in [5, 5.41) is 3.34. The molecule has 108 valence electrons. The molecule has 0 radical (unpaired) electrons. The number of nitrogens with one attached hydrogen (secondary N) is 1. The summed E-state index contributed by atoms with van der Waals surface area (Å²) in [4.78, 5) is 13.8. The molecular weight excluding hydrogens is 255 g/mol. The lowest BCUT2D eigenvalue weighted by Crippen LogP contribution is -2.45. The maximum absolute atomic E-state index is 12.9. The molecule has 1 saturated carbocycles. The Hall–Kier alpha value is -1.42. The number of nitrogens with zero attached hydrogens (tertiary/aromatic N) is 1. The number of rotatable bonds is 4. The molecule has 1 amide bonds. The van der Waals surface area contributed by atoms with Crippen molar-refractivity contribution in [1.29, 1.82) is 0 Å². The summed E-state index contributed by atoms with van der Waals surface area (Å²) in [6.07, 6.45) is 4.36. The quantitative estimate of drug-likeness (QED) is 0.915. The van der Waals surface area contributed by atoms with E-state index in [4.69, 9.17) is 0 Å². The van der Waals surface area contributed by atoms with E-state index < -0.39 is 0 Å². The summed E-state index contributed by atoms with van der Waals surface area (Å²) < 4.78 is 12.9. The second-order valence-corrected chi connectivity index (χ2v) is 5.89. The molecule has 0 spiro atoms. The number of amides is 1. The van der Waals surface area contributed by atoms with Crippen molar-refractivity contribution >= 4 is 5.91 Å². The Labute approximate surface area is 119 Å². The van der Waals surface area contributed by atoms with E-state index in [1.807, 2.05) is 17.0 Å². The Bertz CT molecular complexity index is 462. The maximum Gasteiger partial charge on any atom is 0.236 e. The van der Waals surface area contributed by atoms with Crippen molar-refractivity contribution < 1.29 is 9.18 Å². The lowest BCUT2D eigenvalue weighted by molar-refractivity contribution is -0.129. The third-order valence-electron chi connectivity index (χ3n) is 4.48. The van der Waals surface area contributed by atoms with Crippen LogP contribution >= 0.6 is 0 Å². The van der Waals surface area contributed by atoms with E-state index in [9.17, 15) is 9.18 Å². The number of benzene rings is 1. The van der Waals surface area contributed by atoms with Crippen LogP contribution in [0, 0.1) is 5.82 Å². The highest BCUT2D eigenvalue weighted by molar-refractivity contribution is 5.78. The first-order valence-electron chi connectivity index (χ1n) is 7.49. The molecule has 1 aliphatic heterocycles. The Balaban J connectivity index is 1.40. The van der Waals surface area contributed by atoms with Gasteiger partial charge in [-0.15, -0.1) is 0 Å². The van der Waals surface area contributed by atoms with Gasteiger partial charge in [-0.3, -0.25) is 4.79 Å². The van der Waals surface area contributed by atoms with Crippen LogP contribution in [0.25, 0.3) is 0 Å². The fourth-order valence-corrected chi connectivity index (χ4v) is 3.10. The molecule has 2 fully saturated rings. The molecule has 1 aliphatic carbocycles. The van der Waals surface area contributed by atoms with Crippen LogP contribution in [0.2, 0.25) is 0 Å². The number of hydrogen-bond donors (Lipinski definition) is 1. The van der Waals surface area contributed by atoms with Crippen LogP contribution in [0.15, 0.2) is 24.3 Å². The van der Waals surface area contributed by atoms with Gasteiger partial charge in [-0.2, -0.15) is 0 Å². The van der Waals surface area contributed by atoms with Crippen LogP contribution in [-0.4, -0.2) is 36.5 Å². The van der Waals surface area contributed by atoms with Gasteiger partial charge in [0.25, 0.3) is 0 Å². The molecule has 1 aromatic rings. The second-order valence-electron chi connectivity index (χ2n) is 5.89. The largest absolute Gasteiger partial charge is 0.342 e. The minimum atomic E-state index is -0.182. The second kappa shape index (κ2) is 5.92. The summed E-state index contributed by atoms with van der Waals surface area (Å²) in [5.74, 6) is 0.557. The molecule has 1 N–H and O–H groups in total. The number of hydrogen-bond acceptors (Lipinski definition) is 2. The monoisotopic (exact) mass is 276 g/mol. The standard InChI is InChI=1S/C16H21FN2O/c17-14-5-3-12(4-6-14)13-9-15(10-13)18-11-16(20)19-7-1-2-8-19/h3-6,13,15,18H,1-2,7-11H2. The van der Waals surface area contributed by atoms with Gasteiger partial charge in [-0.25, -0.2) is 4.39 Å². The zero-order chi connectivity index (χ0) is 13.9. The van der Waals surface area contributed by atoms with Gasteiger partial charge in [0.05, 0.1) is 6.54 Å². The van der Waals surface area contributed by atoms with Gasteiger partial charge in [-0.1, -0.05) is 12.1 Å². The van der Waals surface area contributed by atoms with Crippen molar-refractivity contribution in [3.05, 3.63) is 35.6 Å². The van der Waals surface area contributed by atoms with Crippen LogP contribution in [-0.2, 0) is 4.79 Å². The van der Waals surface area contributed by atoms with Crippen LogP contribution in [0.1, 0.15) is 37.2 Å². The first kappa shape index (κ1) is 13.6. The smallest absolute Gasteiger partial charge is 0.236 e. The third-order valence-corrected chi connectivity index (χ3v) is 4.48. The first-order valence-corrected chi connectivity index (χ1v) is 7.49. The summed E-state index contributed by atoms with van der Waals surface area (Å²) in [7, 11) is 0. The van der Waals surface area contributed by atoms with Gasteiger partial charge in [0, 0.05) is 19.1 Å². The SMILES string of the molecule is O=C(CNC1CC(c2ccc(F)cc2)C1)N1CCCC1. The van der Waals surface area contributed by atoms with Gasteiger partial charge >= 0.3 is 0 Å². The molecule has 0 atom stereocenters. The van der Waals surface area contributed by atoms with Crippen molar-refractivity contribution in [2.24, 2.45) is 0 Å². The minimum Gasteiger partial charge on any atom is -0.342 e. The zero-order valence-corrected chi connectivity index (χ0v) is 11.6. The van der Waals surface area contributed by atoms with Gasteiger partial charge in [-0.05, 0) is 49.3 Å². The fourth-order valence-electron chi connectivity index (χ4n) is 3.10. The van der Waals surface area contributed by atoms with Crippen LogP contribution in [0.5, 0.6) is 0 Å². The molecule has 20 heavy (non-hydrogen) atoms. The van der Waals surface area contributed by atoms with Gasteiger partial charge in [0.1, 0.15) is 5.82 Å². The average Bonchev–Trinajstić information content (AvgIpc) is 2.92. The molecule has 0 bridgehead atoms. The molecular formula is C16H21FN2O. The Morgan fingerprint density at radius 2 is 1.85 bits per heavy atom. The maximum atomic E-state index is 12.9. The predicted molar refractivity (Wildman–Crippen MR) is 76.0 cm³/mol. The molecule has 3 nitrogen and oxygen atoms in total. The first-order chi connectivity index (χ1) is 9.72. The van der Waals surface area contributed by atoms with E-state index in [0.29, 0.717) is 18.5 Å². The molecule has 3 rings (SSSR count). The van der Waals surface area contributed by atoms with E-state index >= 15 is 0 Å². The summed E-state index contributed by atoms with van der Waals surface area (Å²) in [6, 6.07) is 7.20. The summed E-state index contributed by atoms with van der Waals surface area (Å²) >= 11 is 0. The number of carbonyl (C=O) groups excluding carboxylic acids is 1. The van der Waals surface area contributed by atoms with Gasteiger partial charge in [0.15, 0.2) is 0 Å². The number of halogens is 1. The van der Waals surface area contributed by atoms with Gasteiger partial charge in [0.2, 0.25) is 5.91 Å². The highest BCUT2D eigenvalue weighted by Crippen LogP contribution is 2.36. The molecule has 2 aliphatic rings. The Morgan fingerprint density at radius 1 is 1.20 bits per heavy atom. The average molecular weight is 276 g/mol. The van der Waals surface area contributed by atoms with E-state index in [-0.39, 0.29) is 11.7 Å².